The van der Waals surface area contributed by atoms with Gasteiger partial charge in [0.2, 0.25) is 0 Å². The molecule has 1 aromatic heterocycles. The van der Waals surface area contributed by atoms with Crippen molar-refractivity contribution in [2.45, 2.75) is 6.42 Å². The Labute approximate surface area is 140 Å². The minimum Gasteiger partial charge on any atom is -0.279 e. The summed E-state index contributed by atoms with van der Waals surface area (Å²) in [6.07, 6.45) is 2.11. The van der Waals surface area contributed by atoms with Gasteiger partial charge < -0.3 is 0 Å². The van der Waals surface area contributed by atoms with Gasteiger partial charge in [-0.3, -0.25) is 5.43 Å². The lowest BCUT2D eigenvalue weighted by molar-refractivity contribution is 0.628. The Kier molecular flexibility index (Phi) is 4.72. The van der Waals surface area contributed by atoms with Crippen molar-refractivity contribution in [1.29, 1.82) is 0 Å². The van der Waals surface area contributed by atoms with Crippen molar-refractivity contribution in [3.05, 3.63) is 64.6 Å². The molecule has 0 aliphatic rings. The normalized spacial score (nSPS) is 11.0. The van der Waals surface area contributed by atoms with Crippen LogP contribution in [0.1, 0.15) is 5.82 Å². The Morgan fingerprint density at radius 1 is 1.13 bits per heavy atom. The molecule has 8 heteroatoms. The first-order valence-corrected chi connectivity index (χ1v) is 7.58. The van der Waals surface area contributed by atoms with E-state index in [0.717, 1.165) is 10.2 Å². The second-order valence-corrected chi connectivity index (χ2v) is 5.53. The van der Waals surface area contributed by atoms with Crippen LogP contribution in [0.4, 0.5) is 10.1 Å². The molecule has 6 nitrogen and oxygen atoms in total. The van der Waals surface area contributed by atoms with E-state index < -0.39 is 0 Å². The zero-order valence-corrected chi connectivity index (χ0v) is 13.5. The van der Waals surface area contributed by atoms with Gasteiger partial charge in [0.05, 0.1) is 11.4 Å². The van der Waals surface area contributed by atoms with Crippen LogP contribution in [0.2, 0.25) is 0 Å². The largest absolute Gasteiger partial charge is 0.279 e. The van der Waals surface area contributed by atoms with Crippen molar-refractivity contribution in [1.82, 2.24) is 20.2 Å². The summed E-state index contributed by atoms with van der Waals surface area (Å²) in [5.41, 5.74) is 4.39. The number of benzene rings is 2. The highest BCUT2D eigenvalue weighted by Crippen LogP contribution is 2.14. The molecular weight excluding hydrogens is 363 g/mol. The standard InChI is InChI=1S/C15H12BrFN6/c16-11-1-7-14(8-2-11)23-15(20-21-22-23)9-10-18-19-13-5-3-12(17)4-6-13/h1-8,10,19H,9H2. The predicted molar refractivity (Wildman–Crippen MR) is 89.1 cm³/mol. The average Bonchev–Trinajstić information content (AvgIpc) is 3.02. The summed E-state index contributed by atoms with van der Waals surface area (Å²) in [7, 11) is 0. The van der Waals surface area contributed by atoms with Crippen molar-refractivity contribution >= 4 is 27.8 Å². The average molecular weight is 375 g/mol. The van der Waals surface area contributed by atoms with E-state index in [-0.39, 0.29) is 5.82 Å². The molecule has 23 heavy (non-hydrogen) atoms. The summed E-state index contributed by atoms with van der Waals surface area (Å²) < 4.78 is 15.4. The minimum atomic E-state index is -0.284. The number of nitrogens with one attached hydrogen (secondary N) is 1. The molecule has 1 N–H and O–H groups in total. The molecule has 0 fully saturated rings. The fourth-order valence-corrected chi connectivity index (χ4v) is 2.15. The zero-order chi connectivity index (χ0) is 16.1. The smallest absolute Gasteiger partial charge is 0.162 e. The maximum absolute atomic E-state index is 12.8. The van der Waals surface area contributed by atoms with E-state index in [9.17, 15) is 4.39 Å². The molecule has 0 bridgehead atoms. The number of aromatic nitrogens is 4. The first kappa shape index (κ1) is 15.3. The molecule has 0 saturated heterocycles. The molecular formula is C15H12BrFN6. The number of hydrogen-bond donors (Lipinski definition) is 1. The van der Waals surface area contributed by atoms with E-state index in [4.69, 9.17) is 0 Å². The van der Waals surface area contributed by atoms with E-state index >= 15 is 0 Å². The maximum Gasteiger partial charge on any atom is 0.162 e. The number of hydrogen-bond acceptors (Lipinski definition) is 5. The predicted octanol–water partition coefficient (Wildman–Crippen LogP) is 3.20. The van der Waals surface area contributed by atoms with Crippen LogP contribution in [0.3, 0.4) is 0 Å². The highest BCUT2D eigenvalue weighted by Gasteiger charge is 2.06. The third-order valence-corrected chi connectivity index (χ3v) is 3.54. The van der Waals surface area contributed by atoms with E-state index in [2.05, 4.69) is 42.0 Å². The Morgan fingerprint density at radius 2 is 1.87 bits per heavy atom. The van der Waals surface area contributed by atoms with Crippen molar-refractivity contribution in [3.8, 4) is 5.69 Å². The molecule has 3 aromatic rings. The highest BCUT2D eigenvalue weighted by atomic mass is 79.9. The molecule has 0 aliphatic heterocycles. The van der Waals surface area contributed by atoms with Crippen LogP contribution in [0.15, 0.2) is 58.1 Å². The minimum absolute atomic E-state index is 0.284. The summed E-state index contributed by atoms with van der Waals surface area (Å²) in [5.74, 6) is 0.380. The quantitative estimate of drug-likeness (QED) is 0.549. The lowest BCUT2D eigenvalue weighted by atomic mass is 10.3. The molecule has 3 rings (SSSR count). The Hall–Kier alpha value is -2.61. The number of anilines is 1. The van der Waals surface area contributed by atoms with Crippen LogP contribution >= 0.6 is 15.9 Å². The summed E-state index contributed by atoms with van der Waals surface area (Å²) in [6, 6.07) is 13.6. The van der Waals surface area contributed by atoms with E-state index in [1.165, 1.54) is 12.1 Å². The molecule has 116 valence electrons. The van der Waals surface area contributed by atoms with E-state index in [0.29, 0.717) is 17.9 Å². The van der Waals surface area contributed by atoms with Crippen molar-refractivity contribution in [3.63, 3.8) is 0 Å². The Balaban J connectivity index is 1.65. The number of nitrogens with zero attached hydrogens (tertiary/aromatic N) is 5. The summed E-state index contributed by atoms with van der Waals surface area (Å²) in [4.78, 5) is 0. The van der Waals surface area contributed by atoms with Gasteiger partial charge in [-0.05, 0) is 59.0 Å². The van der Waals surface area contributed by atoms with Crippen LogP contribution in [0, 0.1) is 5.82 Å². The van der Waals surface area contributed by atoms with Crippen LogP contribution in [-0.4, -0.2) is 26.4 Å². The Bertz CT molecular complexity index is 798. The zero-order valence-electron chi connectivity index (χ0n) is 11.9. The van der Waals surface area contributed by atoms with Gasteiger partial charge in [0.1, 0.15) is 5.82 Å². The van der Waals surface area contributed by atoms with Crippen molar-refractivity contribution in [2.24, 2.45) is 5.10 Å². The lowest BCUT2D eigenvalue weighted by Crippen LogP contribution is -2.04. The second kappa shape index (κ2) is 7.10. The molecule has 0 saturated carbocycles. The van der Waals surface area contributed by atoms with Crippen LogP contribution in [0.25, 0.3) is 5.69 Å². The van der Waals surface area contributed by atoms with E-state index in [1.54, 1.807) is 23.0 Å². The van der Waals surface area contributed by atoms with Crippen molar-refractivity contribution in [2.75, 3.05) is 5.43 Å². The second-order valence-electron chi connectivity index (χ2n) is 4.62. The van der Waals surface area contributed by atoms with Gasteiger partial charge in [0.15, 0.2) is 5.82 Å². The number of halogens is 2. The van der Waals surface area contributed by atoms with Crippen molar-refractivity contribution < 1.29 is 4.39 Å². The summed E-state index contributed by atoms with van der Waals surface area (Å²) >= 11 is 3.39. The monoisotopic (exact) mass is 374 g/mol. The van der Waals surface area contributed by atoms with Crippen LogP contribution in [0.5, 0.6) is 0 Å². The fraction of sp³-hybridized carbons (Fsp3) is 0.0667. The lowest BCUT2D eigenvalue weighted by Gasteiger charge is -2.03. The maximum atomic E-state index is 12.8. The fourth-order valence-electron chi connectivity index (χ4n) is 1.89. The van der Waals surface area contributed by atoms with E-state index in [1.807, 2.05) is 24.3 Å². The van der Waals surface area contributed by atoms with Gasteiger partial charge in [-0.15, -0.1) is 5.10 Å². The SMILES string of the molecule is Fc1ccc(NN=CCc2nnnn2-c2ccc(Br)cc2)cc1. The molecule has 0 unspecified atom stereocenters. The molecule has 0 amide bonds. The van der Waals surface area contributed by atoms with Gasteiger partial charge in [-0.25, -0.2) is 4.39 Å². The van der Waals surface area contributed by atoms with Gasteiger partial charge in [-0.1, -0.05) is 15.9 Å². The Morgan fingerprint density at radius 3 is 2.61 bits per heavy atom. The molecule has 0 aliphatic carbocycles. The number of hydrazone groups is 1. The summed E-state index contributed by atoms with van der Waals surface area (Å²) in [6.45, 7) is 0. The highest BCUT2D eigenvalue weighted by molar-refractivity contribution is 9.10. The van der Waals surface area contributed by atoms with Gasteiger partial charge >= 0.3 is 0 Å². The molecule has 1 heterocycles. The van der Waals surface area contributed by atoms with Gasteiger partial charge in [0, 0.05) is 17.1 Å². The van der Waals surface area contributed by atoms with Crippen LogP contribution in [-0.2, 0) is 6.42 Å². The third kappa shape index (κ3) is 3.98. The number of tetrazole rings is 1. The molecule has 0 atom stereocenters. The van der Waals surface area contributed by atoms with Crippen LogP contribution < -0.4 is 5.43 Å². The third-order valence-electron chi connectivity index (χ3n) is 3.01. The first-order chi connectivity index (χ1) is 11.2. The molecule has 2 aromatic carbocycles. The topological polar surface area (TPSA) is 68.0 Å². The molecule has 0 radical (unpaired) electrons. The van der Waals surface area contributed by atoms with Gasteiger partial charge in [0.25, 0.3) is 0 Å². The van der Waals surface area contributed by atoms with Gasteiger partial charge in [-0.2, -0.15) is 9.78 Å². The first-order valence-electron chi connectivity index (χ1n) is 6.79. The summed E-state index contributed by atoms with van der Waals surface area (Å²) in [5, 5.41) is 15.7. The molecule has 0 spiro atoms. The number of rotatable bonds is 5.